The van der Waals surface area contributed by atoms with E-state index in [-0.39, 0.29) is 38.2 Å². The zero-order valence-corrected chi connectivity index (χ0v) is 12.9. The van der Waals surface area contributed by atoms with Crippen molar-refractivity contribution in [2.75, 3.05) is 25.4 Å². The minimum absolute atomic E-state index is 0.0382. The molecule has 1 amide bonds. The summed E-state index contributed by atoms with van der Waals surface area (Å²) < 4.78 is 32.4. The van der Waals surface area contributed by atoms with Crippen molar-refractivity contribution < 1.29 is 27.7 Å². The van der Waals surface area contributed by atoms with Crippen LogP contribution in [0.1, 0.15) is 12.8 Å². The molecule has 2 atom stereocenters. The van der Waals surface area contributed by atoms with Gasteiger partial charge in [0.05, 0.1) is 6.04 Å². The van der Waals surface area contributed by atoms with Crippen LogP contribution in [-0.4, -0.2) is 71.2 Å². The molecule has 1 rings (SSSR count). The van der Waals surface area contributed by atoms with Crippen LogP contribution in [-0.2, 0) is 19.7 Å². The highest BCUT2D eigenvalue weighted by molar-refractivity contribution is 7.88. The van der Waals surface area contributed by atoms with E-state index in [0.29, 0.717) is 4.90 Å². The van der Waals surface area contributed by atoms with Gasteiger partial charge in [0, 0.05) is 31.8 Å². The van der Waals surface area contributed by atoms with E-state index in [2.05, 4.69) is 17.9 Å². The Kier molecular flexibility index (Phi) is 5.99. The van der Waals surface area contributed by atoms with Crippen molar-refractivity contribution in [3.8, 4) is 0 Å². The van der Waals surface area contributed by atoms with Gasteiger partial charge in [-0.05, 0) is 6.42 Å². The topological polar surface area (TPSA) is 150 Å². The number of carboxylic acid groups (broad SMARTS) is 1. The molecule has 0 unspecified atom stereocenters. The van der Waals surface area contributed by atoms with E-state index in [1.165, 1.54) is 0 Å². The monoisotopic (exact) mass is 341 g/mol. The first kappa shape index (κ1) is 18.2. The van der Waals surface area contributed by atoms with Crippen molar-refractivity contribution >= 4 is 34.6 Å². The lowest BCUT2D eigenvalue weighted by Crippen LogP contribution is -2.62. The number of amides is 1. The summed E-state index contributed by atoms with van der Waals surface area (Å²) in [5.74, 6) is -2.47. The number of nitrogens with zero attached hydrogens (tertiary/aromatic N) is 1. The summed E-state index contributed by atoms with van der Waals surface area (Å²) in [6.07, 6.45) is -0.197. The Morgan fingerprint density at radius 1 is 1.48 bits per heavy atom. The van der Waals surface area contributed by atoms with Gasteiger partial charge in [-0.1, -0.05) is 0 Å². The fourth-order valence-corrected chi connectivity index (χ4v) is 3.73. The van der Waals surface area contributed by atoms with Gasteiger partial charge < -0.3 is 21.1 Å². The van der Waals surface area contributed by atoms with Crippen molar-refractivity contribution in [1.82, 2.24) is 10.2 Å². The number of carbonyl (C=O) groups is 2. The highest BCUT2D eigenvalue weighted by Crippen LogP contribution is 2.35. The highest BCUT2D eigenvalue weighted by Gasteiger charge is 2.60. The van der Waals surface area contributed by atoms with Gasteiger partial charge >= 0.3 is 16.1 Å². The second-order valence-corrected chi connectivity index (χ2v) is 6.63. The van der Waals surface area contributed by atoms with Gasteiger partial charge in [-0.25, -0.2) is 4.79 Å². The lowest BCUT2D eigenvalue weighted by molar-refractivity contribution is -0.151. The van der Waals surface area contributed by atoms with E-state index >= 15 is 0 Å². The molecule has 0 aromatic heterocycles. The van der Waals surface area contributed by atoms with Crippen LogP contribution in [0.4, 0.5) is 0 Å². The maximum absolute atomic E-state index is 12.4. The molecule has 1 aliphatic heterocycles. The number of carboxylic acids is 1. The molecule has 1 saturated heterocycles. The van der Waals surface area contributed by atoms with Crippen LogP contribution in [0.5, 0.6) is 0 Å². The third kappa shape index (κ3) is 3.31. The highest BCUT2D eigenvalue weighted by atomic mass is 32.2. The van der Waals surface area contributed by atoms with Crippen LogP contribution in [0.3, 0.4) is 0 Å². The van der Waals surface area contributed by atoms with Gasteiger partial charge in [-0.3, -0.25) is 9.35 Å². The summed E-state index contributed by atoms with van der Waals surface area (Å²) in [5.41, 5.74) is 5.31. The molecule has 0 aromatic rings. The normalized spacial score (nSPS) is 24.0. The summed E-state index contributed by atoms with van der Waals surface area (Å²) in [6, 6.07) is -0.879. The predicted octanol–water partition coefficient (Wildman–Crippen LogP) is -1.88. The number of rotatable bonds is 7. The van der Waals surface area contributed by atoms with Gasteiger partial charge in [-0.15, -0.1) is 0 Å². The lowest BCUT2D eigenvalue weighted by Gasteiger charge is -2.34. The van der Waals surface area contributed by atoms with Gasteiger partial charge in [-0.2, -0.15) is 21.0 Å². The van der Waals surface area contributed by atoms with Gasteiger partial charge in [0.25, 0.3) is 4.87 Å². The lowest BCUT2D eigenvalue weighted by atomic mass is 10.2. The van der Waals surface area contributed by atoms with Crippen molar-refractivity contribution in [2.24, 2.45) is 5.73 Å². The molecule has 0 bridgehead atoms. The smallest absolute Gasteiger partial charge is 0.348 e. The molecule has 0 aliphatic carbocycles. The van der Waals surface area contributed by atoms with E-state index < -0.39 is 32.9 Å². The van der Waals surface area contributed by atoms with Crippen molar-refractivity contribution in [3.63, 3.8) is 0 Å². The maximum atomic E-state index is 12.4. The van der Waals surface area contributed by atoms with Crippen LogP contribution in [0, 0.1) is 0 Å². The largest absolute Gasteiger partial charge is 0.479 e. The number of carbonyl (C=O) groups excluding carboxylic acids is 1. The predicted molar refractivity (Wildman–Crippen MR) is 77.6 cm³/mol. The minimum Gasteiger partial charge on any atom is -0.479 e. The molecule has 1 heterocycles. The first-order valence-corrected chi connectivity index (χ1v) is 8.36. The number of likely N-dealkylation sites (tertiary alicyclic amines) is 1. The van der Waals surface area contributed by atoms with Crippen molar-refractivity contribution in [3.05, 3.63) is 0 Å². The molecular formula is C10H19N3O6S2. The second kappa shape index (κ2) is 6.92. The molecule has 5 N–H and O–H groups in total. The SMILES string of the molecule is NCCN[C@@H](CS)C(=O)N1CCC[C@]1(C(=O)O)S(=O)(=O)O. The fraction of sp³-hybridized carbons (Fsp3) is 0.800. The molecule has 11 heteroatoms. The molecule has 122 valence electrons. The molecule has 0 radical (unpaired) electrons. The van der Waals surface area contributed by atoms with Gasteiger partial charge in [0.1, 0.15) is 0 Å². The van der Waals surface area contributed by atoms with Crippen LogP contribution in [0.25, 0.3) is 0 Å². The number of hydrogen-bond acceptors (Lipinski definition) is 7. The Labute approximate surface area is 128 Å². The Bertz CT molecular complexity index is 511. The Morgan fingerprint density at radius 2 is 2.10 bits per heavy atom. The van der Waals surface area contributed by atoms with E-state index in [9.17, 15) is 27.7 Å². The van der Waals surface area contributed by atoms with Gasteiger partial charge in [0.2, 0.25) is 5.91 Å². The van der Waals surface area contributed by atoms with Crippen LogP contribution >= 0.6 is 12.6 Å². The summed E-state index contributed by atoms with van der Waals surface area (Å²) in [7, 11) is -4.99. The summed E-state index contributed by atoms with van der Waals surface area (Å²) in [5, 5.41) is 12.0. The third-order valence-corrected chi connectivity index (χ3v) is 5.19. The minimum atomic E-state index is -4.99. The Hall–Kier alpha value is -0.880. The van der Waals surface area contributed by atoms with E-state index in [4.69, 9.17) is 5.73 Å². The van der Waals surface area contributed by atoms with E-state index in [1.54, 1.807) is 0 Å². The standard InChI is InChI=1S/C10H19N3O6S2/c11-3-4-12-7(6-20)8(14)13-5-1-2-10(13,9(15)16)21(17,18)19/h7,12,20H,1-6,11H2,(H,15,16)(H,17,18,19)/t7-,10+/m0/s1. The van der Waals surface area contributed by atoms with Crippen LogP contribution < -0.4 is 11.1 Å². The van der Waals surface area contributed by atoms with Crippen LogP contribution in [0.2, 0.25) is 0 Å². The molecular weight excluding hydrogens is 322 g/mol. The summed E-state index contributed by atoms with van der Waals surface area (Å²) in [6.45, 7) is 0.468. The first-order valence-electron chi connectivity index (χ1n) is 6.28. The number of thiol groups is 1. The molecule has 21 heavy (non-hydrogen) atoms. The first-order chi connectivity index (χ1) is 9.72. The van der Waals surface area contributed by atoms with Crippen LogP contribution in [0.15, 0.2) is 0 Å². The van der Waals surface area contributed by atoms with Crippen molar-refractivity contribution in [2.45, 2.75) is 23.8 Å². The van der Waals surface area contributed by atoms with Crippen molar-refractivity contribution in [1.29, 1.82) is 0 Å². The summed E-state index contributed by atoms with van der Waals surface area (Å²) in [4.78, 5) is 21.9. The second-order valence-electron chi connectivity index (χ2n) is 4.64. The zero-order valence-electron chi connectivity index (χ0n) is 11.2. The number of nitrogens with two attached hydrogens (primary N) is 1. The average Bonchev–Trinajstić information content (AvgIpc) is 2.84. The summed E-state index contributed by atoms with van der Waals surface area (Å²) >= 11 is 3.99. The van der Waals surface area contributed by atoms with E-state index in [1.807, 2.05) is 0 Å². The molecule has 0 aromatic carbocycles. The molecule has 0 saturated carbocycles. The number of aliphatic carboxylic acids is 1. The molecule has 0 spiro atoms. The van der Waals surface area contributed by atoms with Gasteiger partial charge in [0.15, 0.2) is 0 Å². The Morgan fingerprint density at radius 3 is 2.52 bits per heavy atom. The molecule has 1 fully saturated rings. The quantitative estimate of drug-likeness (QED) is 0.267. The maximum Gasteiger partial charge on any atom is 0.348 e. The Balaban J connectivity index is 3.14. The third-order valence-electron chi connectivity index (χ3n) is 3.38. The molecule has 9 nitrogen and oxygen atoms in total. The average molecular weight is 341 g/mol. The number of nitrogens with one attached hydrogen (secondary N) is 1. The number of hydrogen-bond donors (Lipinski definition) is 5. The zero-order chi connectivity index (χ0) is 16.3. The van der Waals surface area contributed by atoms with E-state index in [0.717, 1.165) is 0 Å². The molecule has 1 aliphatic rings. The fourth-order valence-electron chi connectivity index (χ4n) is 2.36.